The van der Waals surface area contributed by atoms with Gasteiger partial charge in [0.1, 0.15) is 5.25 Å². The second kappa shape index (κ2) is 9.03. The predicted octanol–water partition coefficient (Wildman–Crippen LogP) is 5.19. The fraction of sp³-hybridized carbons (Fsp3) is 0.211. The van der Waals surface area contributed by atoms with Crippen molar-refractivity contribution in [3.8, 4) is 0 Å². The summed E-state index contributed by atoms with van der Waals surface area (Å²) in [5, 5.41) is 2.90. The van der Waals surface area contributed by atoms with Crippen LogP contribution in [0.1, 0.15) is 13.3 Å². The van der Waals surface area contributed by atoms with E-state index in [0.29, 0.717) is 17.4 Å². The summed E-state index contributed by atoms with van der Waals surface area (Å²) >= 11 is 8.08. The molecule has 0 spiro atoms. The van der Waals surface area contributed by atoms with Gasteiger partial charge in [-0.2, -0.15) is 0 Å². The van der Waals surface area contributed by atoms with Crippen LogP contribution in [0, 0.1) is 0 Å². The number of amides is 2. The second-order valence-corrected chi connectivity index (χ2v) is 8.82. The van der Waals surface area contributed by atoms with Crippen molar-refractivity contribution in [2.24, 2.45) is 4.99 Å². The van der Waals surface area contributed by atoms with Crippen LogP contribution in [0.3, 0.4) is 0 Å². The van der Waals surface area contributed by atoms with Crippen molar-refractivity contribution in [2.75, 3.05) is 11.9 Å². The van der Waals surface area contributed by atoms with Crippen LogP contribution in [0.2, 0.25) is 0 Å². The van der Waals surface area contributed by atoms with Crippen LogP contribution in [0.15, 0.2) is 62.5 Å². The molecular formula is C19H17Br2N3O2S. The molecule has 27 heavy (non-hydrogen) atoms. The van der Waals surface area contributed by atoms with Crippen LogP contribution in [-0.2, 0) is 9.59 Å². The van der Waals surface area contributed by atoms with Gasteiger partial charge in [-0.1, -0.05) is 43.6 Å². The van der Waals surface area contributed by atoms with Crippen LogP contribution >= 0.6 is 43.6 Å². The zero-order chi connectivity index (χ0) is 19.4. The van der Waals surface area contributed by atoms with E-state index in [4.69, 9.17) is 0 Å². The largest absolute Gasteiger partial charge is 0.325 e. The molecule has 0 radical (unpaired) electrons. The third-order valence-corrected chi connectivity index (χ3v) is 6.16. The molecule has 0 saturated carbocycles. The van der Waals surface area contributed by atoms with E-state index in [0.717, 1.165) is 14.6 Å². The van der Waals surface area contributed by atoms with Gasteiger partial charge in [0.2, 0.25) is 11.8 Å². The lowest BCUT2D eigenvalue weighted by molar-refractivity contribution is -0.129. The average Bonchev–Trinajstić information content (AvgIpc) is 2.65. The molecule has 1 aliphatic heterocycles. The minimum Gasteiger partial charge on any atom is -0.325 e. The Morgan fingerprint density at radius 1 is 1.15 bits per heavy atom. The molecule has 2 amide bonds. The molecule has 2 aromatic carbocycles. The van der Waals surface area contributed by atoms with Crippen molar-refractivity contribution in [3.63, 3.8) is 0 Å². The van der Waals surface area contributed by atoms with E-state index in [1.54, 1.807) is 4.90 Å². The number of thioether (sulfide) groups is 1. The van der Waals surface area contributed by atoms with Gasteiger partial charge in [0, 0.05) is 27.6 Å². The Labute approximate surface area is 178 Å². The van der Waals surface area contributed by atoms with Crippen LogP contribution < -0.4 is 5.32 Å². The first-order valence-corrected chi connectivity index (χ1v) is 10.8. The van der Waals surface area contributed by atoms with E-state index in [2.05, 4.69) is 42.2 Å². The van der Waals surface area contributed by atoms with Crippen LogP contribution in [0.4, 0.5) is 11.4 Å². The molecule has 1 aliphatic rings. The molecule has 0 aromatic heterocycles. The number of aliphatic imine (C=N–C) groups is 1. The highest BCUT2D eigenvalue weighted by molar-refractivity contribution is 9.10. The van der Waals surface area contributed by atoms with Gasteiger partial charge >= 0.3 is 0 Å². The van der Waals surface area contributed by atoms with Gasteiger partial charge in [0.05, 0.1) is 5.69 Å². The Hall–Kier alpha value is -1.64. The molecule has 3 rings (SSSR count). The van der Waals surface area contributed by atoms with E-state index in [1.807, 2.05) is 55.5 Å². The first-order valence-electron chi connectivity index (χ1n) is 8.34. The molecule has 1 heterocycles. The number of carbonyl (C=O) groups is 2. The van der Waals surface area contributed by atoms with Crippen molar-refractivity contribution in [2.45, 2.75) is 18.6 Å². The third-order valence-electron chi connectivity index (χ3n) is 3.91. The summed E-state index contributed by atoms with van der Waals surface area (Å²) in [5.74, 6) is -0.294. The maximum atomic E-state index is 12.7. The van der Waals surface area contributed by atoms with Gasteiger partial charge in [-0.05, 0) is 55.5 Å². The average molecular weight is 511 g/mol. The van der Waals surface area contributed by atoms with E-state index in [-0.39, 0.29) is 18.2 Å². The zero-order valence-corrected chi connectivity index (χ0v) is 18.5. The van der Waals surface area contributed by atoms with Crippen molar-refractivity contribution in [1.82, 2.24) is 4.90 Å². The van der Waals surface area contributed by atoms with Crippen LogP contribution in [0.25, 0.3) is 0 Å². The molecular weight excluding hydrogens is 494 g/mol. The molecule has 1 unspecified atom stereocenters. The van der Waals surface area contributed by atoms with Crippen LogP contribution in [-0.4, -0.2) is 33.7 Å². The Morgan fingerprint density at radius 2 is 1.74 bits per heavy atom. The molecule has 5 nitrogen and oxygen atoms in total. The van der Waals surface area contributed by atoms with Crippen molar-refractivity contribution in [1.29, 1.82) is 0 Å². The number of hydrogen-bond acceptors (Lipinski definition) is 4. The standard InChI is InChI=1S/C19H17Br2N3O2S/c1-2-24-17(25)11-16(18(26)22-14-7-3-12(20)4-8-14)27-19(24)23-15-9-5-13(21)6-10-15/h3-10,16H,2,11H2,1H3,(H,22,26). The van der Waals surface area contributed by atoms with E-state index in [9.17, 15) is 9.59 Å². The summed E-state index contributed by atoms with van der Waals surface area (Å²) in [4.78, 5) is 31.4. The minimum atomic E-state index is -0.516. The number of anilines is 1. The summed E-state index contributed by atoms with van der Waals surface area (Å²) in [7, 11) is 0. The lowest BCUT2D eigenvalue weighted by Gasteiger charge is -2.30. The summed E-state index contributed by atoms with van der Waals surface area (Å²) < 4.78 is 1.89. The summed E-state index contributed by atoms with van der Waals surface area (Å²) in [6.45, 7) is 2.42. The molecule has 1 saturated heterocycles. The fourth-order valence-electron chi connectivity index (χ4n) is 2.53. The normalized spacial score (nSPS) is 18.6. The fourth-order valence-corrected chi connectivity index (χ4v) is 4.23. The quantitative estimate of drug-likeness (QED) is 0.615. The smallest absolute Gasteiger partial charge is 0.238 e. The highest BCUT2D eigenvalue weighted by Crippen LogP contribution is 2.30. The monoisotopic (exact) mass is 509 g/mol. The highest BCUT2D eigenvalue weighted by atomic mass is 79.9. The van der Waals surface area contributed by atoms with Crippen molar-refractivity contribution in [3.05, 3.63) is 57.5 Å². The number of halogens is 2. The SMILES string of the molecule is CCN1C(=O)CC(C(=O)Nc2ccc(Br)cc2)SC1=Nc1ccc(Br)cc1. The molecule has 1 atom stereocenters. The first-order chi connectivity index (χ1) is 13.0. The van der Waals surface area contributed by atoms with E-state index in [1.165, 1.54) is 11.8 Å². The van der Waals surface area contributed by atoms with Gasteiger partial charge in [0.25, 0.3) is 0 Å². The highest BCUT2D eigenvalue weighted by Gasteiger charge is 2.35. The van der Waals surface area contributed by atoms with Crippen molar-refractivity contribution < 1.29 is 9.59 Å². The topological polar surface area (TPSA) is 61.8 Å². The lowest BCUT2D eigenvalue weighted by atomic mass is 10.2. The first kappa shape index (κ1) is 20.1. The Morgan fingerprint density at radius 3 is 2.33 bits per heavy atom. The number of carbonyl (C=O) groups excluding carboxylic acids is 2. The number of nitrogens with one attached hydrogen (secondary N) is 1. The van der Waals surface area contributed by atoms with E-state index < -0.39 is 5.25 Å². The number of nitrogens with zero attached hydrogens (tertiary/aromatic N) is 2. The predicted molar refractivity (Wildman–Crippen MR) is 117 cm³/mol. The molecule has 140 valence electrons. The zero-order valence-electron chi connectivity index (χ0n) is 14.5. The molecule has 0 bridgehead atoms. The van der Waals surface area contributed by atoms with Gasteiger partial charge < -0.3 is 5.32 Å². The molecule has 8 heteroatoms. The number of hydrogen-bond donors (Lipinski definition) is 1. The second-order valence-electron chi connectivity index (χ2n) is 5.82. The number of rotatable bonds is 4. The minimum absolute atomic E-state index is 0.0944. The number of amidine groups is 1. The van der Waals surface area contributed by atoms with Gasteiger partial charge in [0.15, 0.2) is 5.17 Å². The van der Waals surface area contributed by atoms with Gasteiger partial charge in [-0.3, -0.25) is 14.5 Å². The summed E-state index contributed by atoms with van der Waals surface area (Å²) in [5.41, 5.74) is 1.43. The number of benzene rings is 2. The molecule has 0 aliphatic carbocycles. The summed E-state index contributed by atoms with van der Waals surface area (Å²) in [6.07, 6.45) is 0.153. The Bertz CT molecular complexity index is 870. The third kappa shape index (κ3) is 5.21. The Balaban J connectivity index is 1.79. The van der Waals surface area contributed by atoms with E-state index >= 15 is 0 Å². The Kier molecular flexibility index (Phi) is 6.73. The maximum absolute atomic E-state index is 12.7. The van der Waals surface area contributed by atoms with Gasteiger partial charge in [-0.15, -0.1) is 0 Å². The molecule has 1 N–H and O–H groups in total. The lowest BCUT2D eigenvalue weighted by Crippen LogP contribution is -2.45. The maximum Gasteiger partial charge on any atom is 0.238 e. The molecule has 2 aromatic rings. The van der Waals surface area contributed by atoms with Crippen molar-refractivity contribution >= 4 is 72.0 Å². The molecule has 1 fully saturated rings. The van der Waals surface area contributed by atoms with Crippen LogP contribution in [0.5, 0.6) is 0 Å². The summed E-state index contributed by atoms with van der Waals surface area (Å²) in [6, 6.07) is 14.8. The van der Waals surface area contributed by atoms with Gasteiger partial charge in [-0.25, -0.2) is 4.99 Å².